The van der Waals surface area contributed by atoms with Crippen molar-refractivity contribution in [3.05, 3.63) is 39.0 Å². The minimum absolute atomic E-state index is 0.790. The molecule has 2 rings (SSSR count). The Bertz CT molecular complexity index is 567. The second kappa shape index (κ2) is 6.34. The molecule has 0 aliphatic heterocycles. The van der Waals surface area contributed by atoms with Gasteiger partial charge in [0.15, 0.2) is 0 Å². The Morgan fingerprint density at radius 1 is 1.11 bits per heavy atom. The number of anilines is 3. The number of hydrogen-bond acceptors (Lipinski definition) is 4. The second-order valence-electron chi connectivity index (χ2n) is 3.95. The minimum Gasteiger partial charge on any atom is -0.370 e. The van der Waals surface area contributed by atoms with Crippen molar-refractivity contribution in [1.29, 1.82) is 0 Å². The summed E-state index contributed by atoms with van der Waals surface area (Å²) in [5, 5.41) is 6.54. The summed E-state index contributed by atoms with van der Waals surface area (Å²) >= 11 is 7.05. The van der Waals surface area contributed by atoms with Crippen molar-refractivity contribution in [1.82, 2.24) is 9.97 Å². The molecule has 0 bridgehead atoms. The fourth-order valence-electron chi connectivity index (χ4n) is 1.66. The van der Waals surface area contributed by atoms with Gasteiger partial charge in [0.1, 0.15) is 18.0 Å². The van der Waals surface area contributed by atoms with Crippen molar-refractivity contribution in [3.8, 4) is 0 Å². The van der Waals surface area contributed by atoms with Crippen LogP contribution in [-0.2, 0) is 0 Å². The number of benzene rings is 1. The first-order valence-corrected chi connectivity index (χ1v) is 7.48. The number of nitrogens with zero attached hydrogens (tertiary/aromatic N) is 2. The molecular formula is C13H14Br2N4. The molecule has 0 aliphatic carbocycles. The van der Waals surface area contributed by atoms with Crippen LogP contribution >= 0.6 is 31.9 Å². The van der Waals surface area contributed by atoms with Gasteiger partial charge >= 0.3 is 0 Å². The third-order valence-electron chi connectivity index (χ3n) is 2.63. The van der Waals surface area contributed by atoms with Gasteiger partial charge in [-0.2, -0.15) is 0 Å². The Morgan fingerprint density at radius 2 is 1.74 bits per heavy atom. The highest BCUT2D eigenvalue weighted by Gasteiger charge is 2.10. The van der Waals surface area contributed by atoms with E-state index in [0.29, 0.717) is 0 Å². The van der Waals surface area contributed by atoms with Gasteiger partial charge < -0.3 is 10.6 Å². The highest BCUT2D eigenvalue weighted by Crippen LogP contribution is 2.33. The van der Waals surface area contributed by atoms with Crippen molar-refractivity contribution in [2.45, 2.75) is 13.8 Å². The number of nitrogens with one attached hydrogen (secondary N) is 2. The van der Waals surface area contributed by atoms with Crippen molar-refractivity contribution < 1.29 is 0 Å². The lowest BCUT2D eigenvalue weighted by molar-refractivity contribution is 1.08. The normalized spacial score (nSPS) is 10.3. The van der Waals surface area contributed by atoms with E-state index in [2.05, 4.69) is 52.5 Å². The molecule has 0 aliphatic rings. The summed E-state index contributed by atoms with van der Waals surface area (Å²) in [5.41, 5.74) is 1.94. The van der Waals surface area contributed by atoms with E-state index in [-0.39, 0.29) is 0 Å². The molecule has 1 heterocycles. The molecule has 19 heavy (non-hydrogen) atoms. The maximum Gasteiger partial charge on any atom is 0.138 e. The van der Waals surface area contributed by atoms with E-state index >= 15 is 0 Å². The number of hydrogen-bond donors (Lipinski definition) is 2. The molecule has 2 N–H and O–H groups in total. The lowest BCUT2D eigenvalue weighted by atomic mass is 10.2. The van der Waals surface area contributed by atoms with Crippen molar-refractivity contribution in [3.63, 3.8) is 0 Å². The molecule has 0 unspecified atom stereocenters. The maximum absolute atomic E-state index is 4.29. The molecule has 0 amide bonds. The van der Waals surface area contributed by atoms with E-state index in [1.54, 1.807) is 6.33 Å². The van der Waals surface area contributed by atoms with Gasteiger partial charge in [0, 0.05) is 21.1 Å². The van der Waals surface area contributed by atoms with Crippen LogP contribution in [0.1, 0.15) is 12.5 Å². The van der Waals surface area contributed by atoms with Gasteiger partial charge in [0.25, 0.3) is 0 Å². The summed E-state index contributed by atoms with van der Waals surface area (Å²) in [6.07, 6.45) is 1.55. The minimum atomic E-state index is 0.790. The molecule has 0 saturated heterocycles. The van der Waals surface area contributed by atoms with E-state index in [9.17, 15) is 0 Å². The summed E-state index contributed by atoms with van der Waals surface area (Å²) in [4.78, 5) is 8.52. The predicted molar refractivity (Wildman–Crippen MR) is 86.1 cm³/mol. The Labute approximate surface area is 129 Å². The zero-order valence-corrected chi connectivity index (χ0v) is 13.8. The van der Waals surface area contributed by atoms with E-state index in [0.717, 1.165) is 38.4 Å². The molecule has 0 fully saturated rings. The van der Waals surface area contributed by atoms with Gasteiger partial charge in [-0.1, -0.05) is 6.07 Å². The number of rotatable bonds is 4. The molecule has 100 valence electrons. The lowest BCUT2D eigenvalue weighted by Gasteiger charge is -2.14. The predicted octanol–water partition coefficient (Wildman–Crippen LogP) is 4.49. The summed E-state index contributed by atoms with van der Waals surface area (Å²) in [7, 11) is 0. The molecule has 2 aromatic rings. The first-order chi connectivity index (χ1) is 9.13. The number of aromatic nitrogens is 2. The standard InChI is InChI=1S/C13H14Br2N4/c1-3-16-12-8(2)13(18-7-17-12)19-11-9(14)5-4-6-10(11)15/h4-7H,3H2,1-2H3,(H2,16,17,18,19). The monoisotopic (exact) mass is 384 g/mol. The van der Waals surface area contributed by atoms with Crippen LogP contribution in [0.3, 0.4) is 0 Å². The Morgan fingerprint density at radius 3 is 2.37 bits per heavy atom. The average molecular weight is 386 g/mol. The fourth-order valence-corrected chi connectivity index (χ4v) is 2.85. The van der Waals surface area contributed by atoms with E-state index in [4.69, 9.17) is 0 Å². The molecule has 0 saturated carbocycles. The van der Waals surface area contributed by atoms with Gasteiger partial charge in [-0.05, 0) is 57.8 Å². The van der Waals surface area contributed by atoms with Crippen LogP contribution < -0.4 is 10.6 Å². The average Bonchev–Trinajstić information content (AvgIpc) is 2.38. The van der Waals surface area contributed by atoms with Crippen LogP contribution in [0.5, 0.6) is 0 Å². The fraction of sp³-hybridized carbons (Fsp3) is 0.231. The van der Waals surface area contributed by atoms with Crippen LogP contribution in [0.2, 0.25) is 0 Å². The van der Waals surface area contributed by atoms with Crippen LogP contribution in [0.15, 0.2) is 33.5 Å². The van der Waals surface area contributed by atoms with E-state index < -0.39 is 0 Å². The Kier molecular flexibility index (Phi) is 4.76. The molecule has 0 atom stereocenters. The molecule has 0 radical (unpaired) electrons. The van der Waals surface area contributed by atoms with E-state index in [1.807, 2.05) is 32.0 Å². The molecule has 4 nitrogen and oxygen atoms in total. The van der Waals surface area contributed by atoms with Gasteiger partial charge in [0.2, 0.25) is 0 Å². The number of halogens is 2. The van der Waals surface area contributed by atoms with Crippen LogP contribution in [-0.4, -0.2) is 16.5 Å². The quantitative estimate of drug-likeness (QED) is 0.814. The highest BCUT2D eigenvalue weighted by molar-refractivity contribution is 9.11. The van der Waals surface area contributed by atoms with Gasteiger partial charge in [0.05, 0.1) is 5.69 Å². The molecule has 1 aromatic carbocycles. The van der Waals surface area contributed by atoms with E-state index in [1.165, 1.54) is 0 Å². The first kappa shape index (κ1) is 14.3. The maximum atomic E-state index is 4.29. The van der Waals surface area contributed by atoms with Crippen molar-refractivity contribution >= 4 is 49.2 Å². The lowest BCUT2D eigenvalue weighted by Crippen LogP contribution is -2.05. The Hall–Kier alpha value is -1.14. The van der Waals surface area contributed by atoms with Crippen molar-refractivity contribution in [2.24, 2.45) is 0 Å². The highest BCUT2D eigenvalue weighted by atomic mass is 79.9. The van der Waals surface area contributed by atoms with Crippen molar-refractivity contribution in [2.75, 3.05) is 17.2 Å². The summed E-state index contributed by atoms with van der Waals surface area (Å²) in [6.45, 7) is 4.86. The Balaban J connectivity index is 2.36. The van der Waals surface area contributed by atoms with Crippen LogP contribution in [0.25, 0.3) is 0 Å². The first-order valence-electron chi connectivity index (χ1n) is 5.90. The molecular weight excluding hydrogens is 372 g/mol. The topological polar surface area (TPSA) is 49.8 Å². The smallest absolute Gasteiger partial charge is 0.138 e. The van der Waals surface area contributed by atoms with Crippen LogP contribution in [0, 0.1) is 6.92 Å². The summed E-state index contributed by atoms with van der Waals surface area (Å²) in [6, 6.07) is 5.93. The SMILES string of the molecule is CCNc1ncnc(Nc2c(Br)cccc2Br)c1C. The zero-order chi connectivity index (χ0) is 13.8. The largest absolute Gasteiger partial charge is 0.370 e. The van der Waals surface area contributed by atoms with Gasteiger partial charge in [-0.3, -0.25) is 0 Å². The zero-order valence-electron chi connectivity index (χ0n) is 10.7. The second-order valence-corrected chi connectivity index (χ2v) is 5.66. The molecule has 6 heteroatoms. The number of para-hydroxylation sites is 1. The van der Waals surface area contributed by atoms with Crippen LogP contribution in [0.4, 0.5) is 17.3 Å². The molecule has 1 aromatic heterocycles. The summed E-state index contributed by atoms with van der Waals surface area (Å²) in [5.74, 6) is 1.64. The van der Waals surface area contributed by atoms with Gasteiger partial charge in [-0.15, -0.1) is 0 Å². The summed E-state index contributed by atoms with van der Waals surface area (Å²) < 4.78 is 1.95. The molecule has 0 spiro atoms. The third-order valence-corrected chi connectivity index (χ3v) is 3.96. The third kappa shape index (κ3) is 3.25. The van der Waals surface area contributed by atoms with Gasteiger partial charge in [-0.25, -0.2) is 9.97 Å².